The van der Waals surface area contributed by atoms with Crippen molar-refractivity contribution in [1.82, 2.24) is 0 Å². The van der Waals surface area contributed by atoms with E-state index in [1.807, 2.05) is 0 Å². The number of hydrogen-bond acceptors (Lipinski definition) is 2. The Morgan fingerprint density at radius 2 is 2.14 bits per heavy atom. The van der Waals surface area contributed by atoms with Crippen LogP contribution in [0.2, 0.25) is 0 Å². The van der Waals surface area contributed by atoms with Crippen LogP contribution in [0, 0.1) is 17.8 Å². The molecule has 2 atom stereocenters. The predicted octanol–water partition coefficient (Wildman–Crippen LogP) is 4.20. The molecule has 0 bridgehead atoms. The number of carbonyl (C=O) groups excluding carboxylic acids is 1. The summed E-state index contributed by atoms with van der Waals surface area (Å²) in [5, 5.41) is 0. The molecule has 2 aliphatic rings. The molecular formula is C19H26O2. The molecule has 0 aromatic heterocycles. The van der Waals surface area contributed by atoms with Crippen LogP contribution in [-0.2, 0) is 17.6 Å². The lowest BCUT2D eigenvalue weighted by molar-refractivity contribution is -0.126. The molecular weight excluding hydrogens is 260 g/mol. The molecule has 0 N–H and O–H groups in total. The van der Waals surface area contributed by atoms with Crippen molar-refractivity contribution in [2.45, 2.75) is 52.4 Å². The predicted molar refractivity (Wildman–Crippen MR) is 84.6 cm³/mol. The van der Waals surface area contributed by atoms with Crippen molar-refractivity contribution >= 4 is 5.78 Å². The Hall–Kier alpha value is -1.31. The van der Waals surface area contributed by atoms with Crippen molar-refractivity contribution in [3.05, 3.63) is 29.3 Å². The van der Waals surface area contributed by atoms with Gasteiger partial charge in [-0.05, 0) is 54.7 Å². The smallest absolute Gasteiger partial charge is 0.136 e. The minimum atomic E-state index is 0.288. The Morgan fingerprint density at radius 3 is 2.95 bits per heavy atom. The fourth-order valence-corrected chi connectivity index (χ4v) is 3.77. The van der Waals surface area contributed by atoms with Crippen LogP contribution in [0.3, 0.4) is 0 Å². The van der Waals surface area contributed by atoms with E-state index in [1.165, 1.54) is 11.1 Å². The number of carbonyl (C=O) groups is 1. The lowest BCUT2D eigenvalue weighted by atomic mass is 9.74. The summed E-state index contributed by atoms with van der Waals surface area (Å²) >= 11 is 0. The molecule has 1 heterocycles. The second-order valence-corrected chi connectivity index (χ2v) is 7.02. The van der Waals surface area contributed by atoms with Crippen LogP contribution in [0.25, 0.3) is 0 Å². The molecule has 2 nitrogen and oxygen atoms in total. The van der Waals surface area contributed by atoms with Crippen LogP contribution in [0.4, 0.5) is 0 Å². The summed E-state index contributed by atoms with van der Waals surface area (Å²) < 4.78 is 5.55. The molecule has 1 aromatic carbocycles. The third-order valence-electron chi connectivity index (χ3n) is 5.28. The first-order valence-electron chi connectivity index (χ1n) is 8.41. The fraction of sp³-hybridized carbons (Fsp3) is 0.632. The van der Waals surface area contributed by atoms with E-state index in [0.717, 1.165) is 56.8 Å². The average Bonchev–Trinajstić information content (AvgIpc) is 2.93. The van der Waals surface area contributed by atoms with Crippen molar-refractivity contribution in [3.8, 4) is 5.75 Å². The van der Waals surface area contributed by atoms with Gasteiger partial charge < -0.3 is 4.74 Å². The van der Waals surface area contributed by atoms with Crippen LogP contribution in [0.5, 0.6) is 5.75 Å². The van der Waals surface area contributed by atoms with Crippen LogP contribution in [0.1, 0.15) is 50.7 Å². The summed E-state index contributed by atoms with van der Waals surface area (Å²) in [5.41, 5.74) is 2.70. The molecule has 1 aliphatic carbocycles. The Kier molecular flexibility index (Phi) is 4.32. The highest BCUT2D eigenvalue weighted by molar-refractivity contribution is 5.81. The Bertz CT molecular complexity index is 518. The van der Waals surface area contributed by atoms with Crippen molar-refractivity contribution in [3.63, 3.8) is 0 Å². The van der Waals surface area contributed by atoms with Crippen molar-refractivity contribution in [2.24, 2.45) is 17.8 Å². The number of rotatable bonds is 4. The van der Waals surface area contributed by atoms with Crippen LogP contribution < -0.4 is 4.74 Å². The topological polar surface area (TPSA) is 26.3 Å². The highest BCUT2D eigenvalue weighted by Gasteiger charge is 2.29. The molecule has 3 rings (SSSR count). The molecule has 1 aromatic rings. The lowest BCUT2D eigenvalue weighted by Crippen LogP contribution is -2.27. The maximum atomic E-state index is 12.2. The maximum Gasteiger partial charge on any atom is 0.136 e. The summed E-state index contributed by atoms with van der Waals surface area (Å²) in [6, 6.07) is 6.53. The molecule has 0 saturated heterocycles. The number of ether oxygens (including phenoxy) is 1. The standard InChI is InChI=1S/C19H26O2/c1-13(2)15-6-7-18(20)16(12-15)5-3-14-4-8-19-17(11-14)9-10-21-19/h4,8,11,13,15-16H,3,5-7,9-10,12H2,1-2H3. The first kappa shape index (κ1) is 14.6. The molecule has 2 heteroatoms. The zero-order chi connectivity index (χ0) is 14.8. The summed E-state index contributed by atoms with van der Waals surface area (Å²) in [5.74, 6) is 3.28. The van der Waals surface area contributed by atoms with Crippen molar-refractivity contribution < 1.29 is 9.53 Å². The van der Waals surface area contributed by atoms with E-state index < -0.39 is 0 Å². The molecule has 21 heavy (non-hydrogen) atoms. The van der Waals surface area contributed by atoms with Crippen LogP contribution in [-0.4, -0.2) is 12.4 Å². The normalized spacial score (nSPS) is 25.0. The molecule has 114 valence electrons. The Balaban J connectivity index is 1.60. The van der Waals surface area contributed by atoms with Crippen molar-refractivity contribution in [2.75, 3.05) is 6.61 Å². The summed E-state index contributed by atoms with van der Waals surface area (Å²) in [4.78, 5) is 12.2. The molecule has 1 aliphatic heterocycles. The Labute approximate surface area is 127 Å². The van der Waals surface area contributed by atoms with E-state index in [9.17, 15) is 4.79 Å². The highest BCUT2D eigenvalue weighted by atomic mass is 16.5. The zero-order valence-electron chi connectivity index (χ0n) is 13.2. The van der Waals surface area contributed by atoms with Gasteiger partial charge in [-0.25, -0.2) is 0 Å². The van der Waals surface area contributed by atoms with E-state index in [1.54, 1.807) is 0 Å². The third kappa shape index (κ3) is 3.30. The molecule has 1 saturated carbocycles. The number of fused-ring (bicyclic) bond motifs is 1. The van der Waals surface area contributed by atoms with Crippen LogP contribution >= 0.6 is 0 Å². The van der Waals surface area contributed by atoms with Gasteiger partial charge in [0.05, 0.1) is 6.61 Å². The summed E-state index contributed by atoms with van der Waals surface area (Å²) in [7, 11) is 0. The second kappa shape index (κ2) is 6.21. The number of benzene rings is 1. The maximum absolute atomic E-state index is 12.2. The molecule has 1 fully saturated rings. The van der Waals surface area contributed by atoms with E-state index in [0.29, 0.717) is 11.7 Å². The lowest BCUT2D eigenvalue weighted by Gasteiger charge is -2.30. The Morgan fingerprint density at radius 1 is 1.29 bits per heavy atom. The van der Waals surface area contributed by atoms with Gasteiger partial charge in [0.2, 0.25) is 0 Å². The highest BCUT2D eigenvalue weighted by Crippen LogP contribution is 2.34. The number of ketones is 1. The second-order valence-electron chi connectivity index (χ2n) is 7.02. The summed E-state index contributed by atoms with van der Waals surface area (Å²) in [6.45, 7) is 5.39. The molecule has 0 spiro atoms. The van der Waals surface area contributed by atoms with Crippen molar-refractivity contribution in [1.29, 1.82) is 0 Å². The monoisotopic (exact) mass is 286 g/mol. The van der Waals surface area contributed by atoms with Gasteiger partial charge in [-0.3, -0.25) is 4.79 Å². The van der Waals surface area contributed by atoms with Gasteiger partial charge >= 0.3 is 0 Å². The van der Waals surface area contributed by atoms with Gasteiger partial charge in [-0.15, -0.1) is 0 Å². The first-order valence-corrected chi connectivity index (χ1v) is 8.41. The SMILES string of the molecule is CC(C)C1CCC(=O)C(CCc2ccc3c(c2)CCO3)C1. The van der Waals surface area contributed by atoms with E-state index in [4.69, 9.17) is 4.74 Å². The molecule has 0 radical (unpaired) electrons. The number of Topliss-reactive ketones (excluding diaryl/α,β-unsaturated/α-hetero) is 1. The van der Waals surface area contributed by atoms with Gasteiger partial charge in [0.25, 0.3) is 0 Å². The van der Waals surface area contributed by atoms with E-state index in [2.05, 4.69) is 32.0 Å². The van der Waals surface area contributed by atoms with Gasteiger partial charge in [0.15, 0.2) is 0 Å². The quantitative estimate of drug-likeness (QED) is 0.829. The third-order valence-corrected chi connectivity index (χ3v) is 5.28. The van der Waals surface area contributed by atoms with Gasteiger partial charge in [-0.1, -0.05) is 26.0 Å². The minimum absolute atomic E-state index is 0.288. The van der Waals surface area contributed by atoms with E-state index in [-0.39, 0.29) is 5.92 Å². The number of hydrogen-bond donors (Lipinski definition) is 0. The van der Waals surface area contributed by atoms with Gasteiger partial charge in [0.1, 0.15) is 11.5 Å². The minimum Gasteiger partial charge on any atom is -0.493 e. The van der Waals surface area contributed by atoms with Gasteiger partial charge in [-0.2, -0.15) is 0 Å². The van der Waals surface area contributed by atoms with Gasteiger partial charge in [0, 0.05) is 18.8 Å². The first-order chi connectivity index (χ1) is 10.1. The average molecular weight is 286 g/mol. The largest absolute Gasteiger partial charge is 0.493 e. The van der Waals surface area contributed by atoms with Crippen LogP contribution in [0.15, 0.2) is 18.2 Å². The molecule has 0 amide bonds. The summed E-state index contributed by atoms with van der Waals surface area (Å²) in [6.07, 6.45) is 6.07. The molecule has 2 unspecified atom stereocenters. The van der Waals surface area contributed by atoms with E-state index >= 15 is 0 Å². The fourth-order valence-electron chi connectivity index (χ4n) is 3.77. The number of aryl methyl sites for hydroxylation is 1. The zero-order valence-corrected chi connectivity index (χ0v) is 13.2.